The SMILES string of the molecule is Nc1cccc(SCC(=O)Nc2ccc(Cl)cc2F)c1. The molecule has 1 amide bonds. The Kier molecular flexibility index (Phi) is 4.87. The van der Waals surface area contributed by atoms with Crippen LogP contribution in [0.2, 0.25) is 5.02 Å². The van der Waals surface area contributed by atoms with E-state index in [1.807, 2.05) is 12.1 Å². The van der Waals surface area contributed by atoms with Gasteiger partial charge in [-0.05, 0) is 36.4 Å². The normalized spacial score (nSPS) is 10.3. The van der Waals surface area contributed by atoms with Gasteiger partial charge < -0.3 is 11.1 Å². The van der Waals surface area contributed by atoms with Crippen molar-refractivity contribution in [1.82, 2.24) is 0 Å². The van der Waals surface area contributed by atoms with Crippen LogP contribution in [-0.4, -0.2) is 11.7 Å². The number of halogens is 2. The second kappa shape index (κ2) is 6.63. The summed E-state index contributed by atoms with van der Waals surface area (Å²) in [5.41, 5.74) is 6.40. The molecule has 0 aliphatic rings. The van der Waals surface area contributed by atoms with Crippen LogP contribution in [0.4, 0.5) is 15.8 Å². The molecule has 2 rings (SSSR count). The lowest BCUT2D eigenvalue weighted by Crippen LogP contribution is -2.15. The van der Waals surface area contributed by atoms with Gasteiger partial charge >= 0.3 is 0 Å². The Labute approximate surface area is 125 Å². The molecule has 0 fully saturated rings. The van der Waals surface area contributed by atoms with Crippen LogP contribution in [0.1, 0.15) is 0 Å². The molecule has 2 aromatic rings. The summed E-state index contributed by atoms with van der Waals surface area (Å²) in [6.07, 6.45) is 0. The lowest BCUT2D eigenvalue weighted by Gasteiger charge is -2.07. The van der Waals surface area contributed by atoms with Gasteiger partial charge in [-0.25, -0.2) is 4.39 Å². The molecular weight excluding hydrogens is 299 g/mol. The Morgan fingerprint density at radius 2 is 2.10 bits per heavy atom. The van der Waals surface area contributed by atoms with E-state index < -0.39 is 5.82 Å². The minimum absolute atomic E-state index is 0.118. The molecule has 0 saturated heterocycles. The van der Waals surface area contributed by atoms with Crippen LogP contribution in [0.15, 0.2) is 47.4 Å². The maximum atomic E-state index is 13.5. The number of nitrogens with two attached hydrogens (primary N) is 1. The molecular formula is C14H12ClFN2OS. The summed E-state index contributed by atoms with van der Waals surface area (Å²) in [4.78, 5) is 12.6. The van der Waals surface area contributed by atoms with Gasteiger partial charge in [0.25, 0.3) is 0 Å². The predicted octanol–water partition coefficient (Wildman–Crippen LogP) is 3.79. The Bertz CT molecular complexity index is 636. The van der Waals surface area contributed by atoms with E-state index >= 15 is 0 Å². The lowest BCUT2D eigenvalue weighted by molar-refractivity contribution is -0.113. The molecule has 20 heavy (non-hydrogen) atoms. The second-order valence-corrected chi connectivity index (χ2v) is 5.52. The van der Waals surface area contributed by atoms with E-state index in [1.165, 1.54) is 23.9 Å². The van der Waals surface area contributed by atoms with Crippen LogP contribution in [-0.2, 0) is 4.79 Å². The topological polar surface area (TPSA) is 55.1 Å². The first kappa shape index (κ1) is 14.7. The number of hydrogen-bond donors (Lipinski definition) is 2. The first-order valence-electron chi connectivity index (χ1n) is 5.78. The summed E-state index contributed by atoms with van der Waals surface area (Å²) in [5, 5.41) is 2.78. The number of anilines is 2. The van der Waals surface area contributed by atoms with E-state index in [0.29, 0.717) is 5.69 Å². The van der Waals surface area contributed by atoms with Gasteiger partial charge in [-0.1, -0.05) is 17.7 Å². The third-order valence-electron chi connectivity index (χ3n) is 2.43. The Morgan fingerprint density at radius 1 is 1.30 bits per heavy atom. The summed E-state index contributed by atoms with van der Waals surface area (Å²) in [6, 6.07) is 11.3. The number of hydrogen-bond acceptors (Lipinski definition) is 3. The van der Waals surface area contributed by atoms with Gasteiger partial charge in [0.2, 0.25) is 5.91 Å². The Morgan fingerprint density at radius 3 is 2.80 bits per heavy atom. The standard InChI is InChI=1S/C14H12ClFN2OS/c15-9-4-5-13(12(16)6-9)18-14(19)8-20-11-3-1-2-10(17)7-11/h1-7H,8,17H2,(H,18,19). The largest absolute Gasteiger partial charge is 0.399 e. The maximum Gasteiger partial charge on any atom is 0.234 e. The number of thioether (sulfide) groups is 1. The van der Waals surface area contributed by atoms with E-state index in [-0.39, 0.29) is 22.4 Å². The smallest absolute Gasteiger partial charge is 0.234 e. The van der Waals surface area contributed by atoms with Crippen molar-refractivity contribution in [2.45, 2.75) is 4.90 Å². The predicted molar refractivity (Wildman–Crippen MR) is 81.6 cm³/mol. The van der Waals surface area contributed by atoms with Gasteiger partial charge in [0, 0.05) is 15.6 Å². The quantitative estimate of drug-likeness (QED) is 0.667. The fourth-order valence-corrected chi connectivity index (χ4v) is 2.45. The van der Waals surface area contributed by atoms with E-state index in [1.54, 1.807) is 12.1 Å². The van der Waals surface area contributed by atoms with Crippen molar-refractivity contribution in [3.8, 4) is 0 Å². The molecule has 0 aromatic heterocycles. The molecule has 0 spiro atoms. The molecule has 0 atom stereocenters. The summed E-state index contributed by atoms with van der Waals surface area (Å²) in [5.74, 6) is -0.677. The fraction of sp³-hybridized carbons (Fsp3) is 0.0714. The van der Waals surface area contributed by atoms with Gasteiger partial charge in [-0.3, -0.25) is 4.79 Å². The van der Waals surface area contributed by atoms with Crippen LogP contribution in [0, 0.1) is 5.82 Å². The average Bonchev–Trinajstić information content (AvgIpc) is 2.40. The molecule has 0 radical (unpaired) electrons. The van der Waals surface area contributed by atoms with E-state index in [4.69, 9.17) is 17.3 Å². The monoisotopic (exact) mass is 310 g/mol. The highest BCUT2D eigenvalue weighted by Crippen LogP contribution is 2.22. The molecule has 3 N–H and O–H groups in total. The number of amides is 1. The molecule has 3 nitrogen and oxygen atoms in total. The first-order chi connectivity index (χ1) is 9.54. The van der Waals surface area contributed by atoms with Crippen LogP contribution in [0.5, 0.6) is 0 Å². The Balaban J connectivity index is 1.92. The second-order valence-electron chi connectivity index (χ2n) is 4.03. The lowest BCUT2D eigenvalue weighted by atomic mass is 10.3. The number of nitrogen functional groups attached to an aromatic ring is 1. The molecule has 0 saturated carbocycles. The van der Waals surface area contributed by atoms with Crippen molar-refractivity contribution in [3.05, 3.63) is 53.3 Å². The van der Waals surface area contributed by atoms with Crippen LogP contribution in [0.25, 0.3) is 0 Å². The van der Waals surface area contributed by atoms with Gasteiger partial charge in [0.15, 0.2) is 0 Å². The highest BCUT2D eigenvalue weighted by atomic mass is 35.5. The first-order valence-corrected chi connectivity index (χ1v) is 7.14. The fourth-order valence-electron chi connectivity index (χ4n) is 1.53. The van der Waals surface area contributed by atoms with Gasteiger partial charge in [0.05, 0.1) is 11.4 Å². The van der Waals surface area contributed by atoms with Crippen LogP contribution in [0.3, 0.4) is 0 Å². The summed E-state index contributed by atoms with van der Waals surface area (Å²) in [7, 11) is 0. The third-order valence-corrected chi connectivity index (χ3v) is 3.66. The zero-order chi connectivity index (χ0) is 14.5. The van der Waals surface area contributed by atoms with Crippen molar-refractivity contribution < 1.29 is 9.18 Å². The average molecular weight is 311 g/mol. The minimum atomic E-state index is -0.556. The molecule has 0 bridgehead atoms. The number of carbonyl (C=O) groups is 1. The van der Waals surface area contributed by atoms with E-state index in [2.05, 4.69) is 5.32 Å². The minimum Gasteiger partial charge on any atom is -0.399 e. The number of benzene rings is 2. The molecule has 0 aliphatic heterocycles. The Hall–Kier alpha value is -1.72. The number of carbonyl (C=O) groups excluding carboxylic acids is 1. The highest BCUT2D eigenvalue weighted by Gasteiger charge is 2.08. The van der Waals surface area contributed by atoms with Gasteiger partial charge in [0.1, 0.15) is 5.82 Å². The summed E-state index contributed by atoms with van der Waals surface area (Å²) >= 11 is 6.97. The molecule has 0 heterocycles. The zero-order valence-corrected chi connectivity index (χ0v) is 12.0. The number of rotatable bonds is 4. The van der Waals surface area contributed by atoms with Gasteiger partial charge in [-0.15, -0.1) is 11.8 Å². The van der Waals surface area contributed by atoms with Crippen molar-refractivity contribution in [2.75, 3.05) is 16.8 Å². The molecule has 2 aromatic carbocycles. The molecule has 0 unspecified atom stereocenters. The molecule has 104 valence electrons. The molecule has 6 heteroatoms. The third kappa shape index (κ3) is 4.15. The molecule has 0 aliphatic carbocycles. The van der Waals surface area contributed by atoms with Crippen molar-refractivity contribution in [2.24, 2.45) is 0 Å². The number of nitrogens with one attached hydrogen (secondary N) is 1. The van der Waals surface area contributed by atoms with Crippen molar-refractivity contribution >= 4 is 40.6 Å². The maximum absolute atomic E-state index is 13.5. The van der Waals surface area contributed by atoms with E-state index in [9.17, 15) is 9.18 Å². The van der Waals surface area contributed by atoms with Crippen molar-refractivity contribution in [3.63, 3.8) is 0 Å². The summed E-state index contributed by atoms with van der Waals surface area (Å²) in [6.45, 7) is 0. The zero-order valence-electron chi connectivity index (χ0n) is 10.4. The van der Waals surface area contributed by atoms with Crippen LogP contribution < -0.4 is 11.1 Å². The van der Waals surface area contributed by atoms with Crippen LogP contribution >= 0.6 is 23.4 Å². The summed E-state index contributed by atoms with van der Waals surface area (Å²) < 4.78 is 13.5. The van der Waals surface area contributed by atoms with E-state index in [0.717, 1.165) is 11.0 Å². The van der Waals surface area contributed by atoms with Gasteiger partial charge in [-0.2, -0.15) is 0 Å². The van der Waals surface area contributed by atoms with Crippen molar-refractivity contribution in [1.29, 1.82) is 0 Å². The highest BCUT2D eigenvalue weighted by molar-refractivity contribution is 8.00.